The molecular weight excluding hydrogens is 236 g/mol. The zero-order valence-electron chi connectivity index (χ0n) is 10.5. The van der Waals surface area contributed by atoms with E-state index in [-0.39, 0.29) is 12.7 Å². The third kappa shape index (κ3) is 3.82. The summed E-state index contributed by atoms with van der Waals surface area (Å²) in [6.45, 7) is 4.25. The largest absolute Gasteiger partial charge is 0.480 e. The van der Waals surface area contributed by atoms with Gasteiger partial charge in [-0.05, 0) is 19.8 Å². The van der Waals surface area contributed by atoms with Crippen molar-refractivity contribution >= 4 is 5.97 Å². The average Bonchev–Trinajstić information content (AvgIpc) is 2.74. The first-order valence-corrected chi connectivity index (χ1v) is 6.11. The van der Waals surface area contributed by atoms with Crippen molar-refractivity contribution in [1.29, 1.82) is 0 Å². The molecule has 0 bridgehead atoms. The van der Waals surface area contributed by atoms with Gasteiger partial charge in [-0.3, -0.25) is 4.90 Å². The van der Waals surface area contributed by atoms with Crippen LogP contribution < -0.4 is 0 Å². The molecule has 2 heterocycles. The number of carboxylic acids is 1. The Morgan fingerprint density at radius 2 is 2.33 bits per heavy atom. The maximum Gasteiger partial charge on any atom is 0.329 e. The van der Waals surface area contributed by atoms with Crippen LogP contribution in [0.15, 0.2) is 10.6 Å². The van der Waals surface area contributed by atoms with Crippen LogP contribution in [-0.2, 0) is 16.1 Å². The predicted molar refractivity (Wildman–Crippen MR) is 63.1 cm³/mol. The standard InChI is InChI=1S/C12H18N2O4/c1-9-6-10(13-18-9)7-14-4-2-11(3-5-14)17-8-12(15)16/h6,11H,2-5,7-8H2,1H3,(H,15,16). The predicted octanol–water partition coefficient (Wildman–Crippen LogP) is 1.05. The first kappa shape index (κ1) is 13.0. The van der Waals surface area contributed by atoms with Crippen LogP contribution in [-0.4, -0.2) is 46.9 Å². The number of likely N-dealkylation sites (tertiary alicyclic amines) is 1. The molecule has 100 valence electrons. The highest BCUT2D eigenvalue weighted by Gasteiger charge is 2.21. The fourth-order valence-electron chi connectivity index (χ4n) is 2.14. The number of aliphatic carboxylic acids is 1. The number of ether oxygens (including phenoxy) is 1. The zero-order valence-corrected chi connectivity index (χ0v) is 10.5. The van der Waals surface area contributed by atoms with Gasteiger partial charge in [-0.2, -0.15) is 0 Å². The molecule has 0 aliphatic carbocycles. The molecule has 18 heavy (non-hydrogen) atoms. The fourth-order valence-corrected chi connectivity index (χ4v) is 2.14. The summed E-state index contributed by atoms with van der Waals surface area (Å²) in [4.78, 5) is 12.7. The molecule has 1 N–H and O–H groups in total. The number of carboxylic acid groups (broad SMARTS) is 1. The van der Waals surface area contributed by atoms with Gasteiger partial charge in [0.1, 0.15) is 12.4 Å². The Balaban J connectivity index is 1.71. The number of nitrogens with zero attached hydrogens (tertiary/aromatic N) is 2. The molecule has 0 radical (unpaired) electrons. The molecule has 1 aromatic rings. The van der Waals surface area contributed by atoms with Gasteiger partial charge in [-0.1, -0.05) is 5.16 Å². The van der Waals surface area contributed by atoms with Crippen LogP contribution in [0.3, 0.4) is 0 Å². The Bertz CT molecular complexity index is 397. The van der Waals surface area contributed by atoms with E-state index in [1.54, 1.807) is 0 Å². The van der Waals surface area contributed by atoms with E-state index in [1.165, 1.54) is 0 Å². The van der Waals surface area contributed by atoms with E-state index in [0.29, 0.717) is 0 Å². The molecule has 0 amide bonds. The number of rotatable bonds is 5. The minimum atomic E-state index is -0.907. The van der Waals surface area contributed by atoms with Gasteiger partial charge < -0.3 is 14.4 Å². The van der Waals surface area contributed by atoms with E-state index in [1.807, 2.05) is 13.0 Å². The fraction of sp³-hybridized carbons (Fsp3) is 0.667. The molecule has 0 spiro atoms. The summed E-state index contributed by atoms with van der Waals surface area (Å²) >= 11 is 0. The molecule has 2 rings (SSSR count). The molecule has 0 unspecified atom stereocenters. The van der Waals surface area contributed by atoms with E-state index >= 15 is 0 Å². The Kier molecular flexibility index (Phi) is 4.33. The lowest BCUT2D eigenvalue weighted by Gasteiger charge is -2.30. The summed E-state index contributed by atoms with van der Waals surface area (Å²) in [5.41, 5.74) is 0.942. The molecule has 0 saturated carbocycles. The highest BCUT2D eigenvalue weighted by atomic mass is 16.5. The van der Waals surface area contributed by atoms with Gasteiger partial charge in [-0.25, -0.2) is 4.79 Å². The highest BCUT2D eigenvalue weighted by molar-refractivity contribution is 5.68. The lowest BCUT2D eigenvalue weighted by molar-refractivity contribution is -0.145. The Hall–Kier alpha value is -1.40. The molecule has 0 atom stereocenters. The SMILES string of the molecule is Cc1cc(CN2CCC(OCC(=O)O)CC2)no1. The second-order valence-electron chi connectivity index (χ2n) is 4.61. The molecule has 1 saturated heterocycles. The summed E-state index contributed by atoms with van der Waals surface area (Å²) in [5, 5.41) is 12.5. The topological polar surface area (TPSA) is 75.8 Å². The van der Waals surface area contributed by atoms with Crippen LogP contribution in [0.2, 0.25) is 0 Å². The zero-order chi connectivity index (χ0) is 13.0. The molecule has 1 aliphatic rings. The number of hydrogen-bond donors (Lipinski definition) is 1. The van der Waals surface area contributed by atoms with Crippen molar-refractivity contribution in [3.63, 3.8) is 0 Å². The summed E-state index contributed by atoms with van der Waals surface area (Å²) in [6.07, 6.45) is 1.80. The number of carbonyl (C=O) groups is 1. The lowest BCUT2D eigenvalue weighted by atomic mass is 10.1. The van der Waals surface area contributed by atoms with Crippen LogP contribution in [0.1, 0.15) is 24.3 Å². The summed E-state index contributed by atoms with van der Waals surface area (Å²) in [6, 6.07) is 1.94. The van der Waals surface area contributed by atoms with Crippen molar-refractivity contribution in [2.75, 3.05) is 19.7 Å². The lowest BCUT2D eigenvalue weighted by Crippen LogP contribution is -2.37. The number of aryl methyl sites for hydroxylation is 1. The van der Waals surface area contributed by atoms with Gasteiger partial charge in [0, 0.05) is 25.7 Å². The monoisotopic (exact) mass is 254 g/mol. The average molecular weight is 254 g/mol. The van der Waals surface area contributed by atoms with Crippen LogP contribution in [0.25, 0.3) is 0 Å². The number of piperidine rings is 1. The highest BCUT2D eigenvalue weighted by Crippen LogP contribution is 2.16. The van der Waals surface area contributed by atoms with Gasteiger partial charge in [0.15, 0.2) is 0 Å². The molecular formula is C12H18N2O4. The maximum atomic E-state index is 10.4. The van der Waals surface area contributed by atoms with E-state index in [2.05, 4.69) is 10.1 Å². The normalized spacial score (nSPS) is 18.1. The van der Waals surface area contributed by atoms with Crippen LogP contribution in [0, 0.1) is 6.92 Å². The number of aromatic nitrogens is 1. The quantitative estimate of drug-likeness (QED) is 0.846. The summed E-state index contributed by atoms with van der Waals surface area (Å²) in [5.74, 6) is -0.0832. The van der Waals surface area contributed by atoms with Crippen molar-refractivity contribution in [1.82, 2.24) is 10.1 Å². The maximum absolute atomic E-state index is 10.4. The Morgan fingerprint density at radius 1 is 1.61 bits per heavy atom. The molecule has 6 heteroatoms. The third-order valence-electron chi connectivity index (χ3n) is 3.04. The van der Waals surface area contributed by atoms with Gasteiger partial charge in [0.2, 0.25) is 0 Å². The molecule has 1 aromatic heterocycles. The summed E-state index contributed by atoms with van der Waals surface area (Å²) in [7, 11) is 0. The van der Waals surface area contributed by atoms with Crippen molar-refractivity contribution in [2.24, 2.45) is 0 Å². The Morgan fingerprint density at radius 3 is 2.89 bits per heavy atom. The van der Waals surface area contributed by atoms with Crippen LogP contribution in [0.4, 0.5) is 0 Å². The third-order valence-corrected chi connectivity index (χ3v) is 3.04. The van der Waals surface area contributed by atoms with Crippen molar-refractivity contribution < 1.29 is 19.2 Å². The molecule has 0 aromatic carbocycles. The molecule has 1 aliphatic heterocycles. The minimum absolute atomic E-state index is 0.0661. The molecule has 1 fully saturated rings. The number of hydrogen-bond acceptors (Lipinski definition) is 5. The van der Waals surface area contributed by atoms with Gasteiger partial charge >= 0.3 is 5.97 Å². The Labute approximate surface area is 106 Å². The first-order chi connectivity index (χ1) is 8.63. The van der Waals surface area contributed by atoms with Crippen molar-refractivity contribution in [3.8, 4) is 0 Å². The second kappa shape index (κ2) is 5.97. The minimum Gasteiger partial charge on any atom is -0.480 e. The van der Waals surface area contributed by atoms with Gasteiger partial charge in [0.25, 0.3) is 0 Å². The van der Waals surface area contributed by atoms with Crippen LogP contribution >= 0.6 is 0 Å². The first-order valence-electron chi connectivity index (χ1n) is 6.11. The van der Waals surface area contributed by atoms with Crippen LogP contribution in [0.5, 0.6) is 0 Å². The van der Waals surface area contributed by atoms with E-state index in [9.17, 15) is 4.79 Å². The smallest absolute Gasteiger partial charge is 0.329 e. The van der Waals surface area contributed by atoms with Gasteiger partial charge in [-0.15, -0.1) is 0 Å². The second-order valence-corrected chi connectivity index (χ2v) is 4.61. The van der Waals surface area contributed by atoms with Gasteiger partial charge in [0.05, 0.1) is 11.8 Å². The van der Waals surface area contributed by atoms with Crippen molar-refractivity contribution in [2.45, 2.75) is 32.4 Å². The summed E-state index contributed by atoms with van der Waals surface area (Å²) < 4.78 is 10.3. The van der Waals surface area contributed by atoms with E-state index in [4.69, 9.17) is 14.4 Å². The van der Waals surface area contributed by atoms with Crippen molar-refractivity contribution in [3.05, 3.63) is 17.5 Å². The van der Waals surface area contributed by atoms with E-state index in [0.717, 1.165) is 43.9 Å². The van der Waals surface area contributed by atoms with E-state index < -0.39 is 5.97 Å². The molecule has 6 nitrogen and oxygen atoms in total.